The molecule has 1 aliphatic rings. The number of amides is 2. The number of halogens is 1. The zero-order valence-electron chi connectivity index (χ0n) is 17.9. The number of aromatic nitrogens is 1. The Bertz CT molecular complexity index is 1140. The number of hydrogen-bond donors (Lipinski definition) is 2. The number of aryl methyl sites for hydroxylation is 1. The van der Waals surface area contributed by atoms with Crippen LogP contribution in [0.1, 0.15) is 55.6 Å². The Kier molecular flexibility index (Phi) is 6.50. The van der Waals surface area contributed by atoms with Gasteiger partial charge in [0.05, 0.1) is 22.1 Å². The molecule has 1 aliphatic heterocycles. The molecule has 32 heavy (non-hydrogen) atoms. The average molecular weight is 453 g/mol. The minimum Gasteiger partial charge on any atom is -0.370 e. The Hall–Kier alpha value is -3.26. The molecular formula is C24H25FN4O2S. The molecule has 0 spiro atoms. The highest BCUT2D eigenvalue weighted by molar-refractivity contribution is 7.14. The highest BCUT2D eigenvalue weighted by Gasteiger charge is 2.21. The second kappa shape index (κ2) is 9.48. The van der Waals surface area contributed by atoms with Crippen LogP contribution in [0.4, 0.5) is 15.8 Å². The number of primary amides is 1. The Morgan fingerprint density at radius 1 is 1.12 bits per heavy atom. The summed E-state index contributed by atoms with van der Waals surface area (Å²) in [6.07, 6.45) is 3.89. The summed E-state index contributed by atoms with van der Waals surface area (Å²) in [5.41, 5.74) is 8.83. The summed E-state index contributed by atoms with van der Waals surface area (Å²) in [5, 5.41) is 3.76. The first kappa shape index (κ1) is 22.0. The van der Waals surface area contributed by atoms with E-state index < -0.39 is 5.91 Å². The highest BCUT2D eigenvalue weighted by Crippen LogP contribution is 2.31. The largest absolute Gasteiger partial charge is 0.370 e. The van der Waals surface area contributed by atoms with Crippen LogP contribution in [0.25, 0.3) is 0 Å². The summed E-state index contributed by atoms with van der Waals surface area (Å²) in [5.74, 6) is -1.10. The molecule has 0 unspecified atom stereocenters. The number of nitrogens with one attached hydrogen (secondary N) is 1. The van der Waals surface area contributed by atoms with E-state index in [1.807, 2.05) is 6.07 Å². The van der Waals surface area contributed by atoms with Crippen LogP contribution in [-0.4, -0.2) is 29.9 Å². The van der Waals surface area contributed by atoms with Crippen molar-refractivity contribution in [3.63, 3.8) is 0 Å². The summed E-state index contributed by atoms with van der Waals surface area (Å²) in [4.78, 5) is 32.1. The van der Waals surface area contributed by atoms with Crippen molar-refractivity contribution in [2.75, 3.05) is 23.3 Å². The number of piperidine rings is 1. The standard InChI is InChI=1S/C24H25FN4O2S/c1-15-22(32-21(27-15)13-16-5-8-18(25)9-6-16)24(31)28-19-14-17(23(26)30)7-10-20(19)29-11-3-2-4-12-29/h5-10,14H,2-4,11-13H2,1H3,(H2,26,30)(H,28,31). The van der Waals surface area contributed by atoms with E-state index >= 15 is 0 Å². The SMILES string of the molecule is Cc1nc(Cc2ccc(F)cc2)sc1C(=O)Nc1cc(C(N)=O)ccc1N1CCCCC1. The molecule has 0 saturated carbocycles. The van der Waals surface area contributed by atoms with Gasteiger partial charge in [-0.25, -0.2) is 9.37 Å². The Morgan fingerprint density at radius 2 is 1.84 bits per heavy atom. The summed E-state index contributed by atoms with van der Waals surface area (Å²) in [6.45, 7) is 3.60. The van der Waals surface area contributed by atoms with Crippen molar-refractivity contribution in [1.82, 2.24) is 4.98 Å². The predicted octanol–water partition coefficient (Wildman–Crippen LogP) is 4.52. The molecule has 8 heteroatoms. The molecule has 0 atom stereocenters. The molecule has 1 fully saturated rings. The molecule has 0 bridgehead atoms. The number of benzene rings is 2. The first-order valence-electron chi connectivity index (χ1n) is 10.6. The Labute approximate surface area is 190 Å². The number of nitrogens with zero attached hydrogens (tertiary/aromatic N) is 2. The summed E-state index contributed by atoms with van der Waals surface area (Å²) in [6, 6.07) is 11.4. The maximum absolute atomic E-state index is 13.2. The lowest BCUT2D eigenvalue weighted by atomic mass is 10.1. The van der Waals surface area contributed by atoms with Gasteiger partial charge in [-0.1, -0.05) is 12.1 Å². The number of anilines is 2. The van der Waals surface area contributed by atoms with E-state index in [1.54, 1.807) is 31.2 Å². The summed E-state index contributed by atoms with van der Waals surface area (Å²) < 4.78 is 13.2. The van der Waals surface area contributed by atoms with E-state index in [0.29, 0.717) is 28.2 Å². The molecule has 166 valence electrons. The zero-order valence-corrected chi connectivity index (χ0v) is 18.7. The zero-order chi connectivity index (χ0) is 22.7. The van der Waals surface area contributed by atoms with Gasteiger partial charge in [0.1, 0.15) is 10.7 Å². The molecule has 1 aromatic heterocycles. The molecule has 1 saturated heterocycles. The third-order valence-corrected chi connectivity index (χ3v) is 6.70. The van der Waals surface area contributed by atoms with E-state index in [2.05, 4.69) is 15.2 Å². The van der Waals surface area contributed by atoms with E-state index in [1.165, 1.54) is 29.9 Å². The third-order valence-electron chi connectivity index (χ3n) is 5.54. The van der Waals surface area contributed by atoms with Gasteiger partial charge in [0.25, 0.3) is 5.91 Å². The van der Waals surface area contributed by atoms with Crippen LogP contribution in [0.15, 0.2) is 42.5 Å². The lowest BCUT2D eigenvalue weighted by Gasteiger charge is -2.30. The van der Waals surface area contributed by atoms with Crippen molar-refractivity contribution in [3.8, 4) is 0 Å². The number of nitrogens with two attached hydrogens (primary N) is 1. The van der Waals surface area contributed by atoms with Gasteiger partial charge in [-0.2, -0.15) is 0 Å². The molecule has 2 amide bonds. The second-order valence-electron chi connectivity index (χ2n) is 7.92. The van der Waals surface area contributed by atoms with E-state index in [9.17, 15) is 14.0 Å². The quantitative estimate of drug-likeness (QED) is 0.575. The Morgan fingerprint density at radius 3 is 2.53 bits per heavy atom. The van der Waals surface area contributed by atoms with E-state index in [-0.39, 0.29) is 11.7 Å². The summed E-state index contributed by atoms with van der Waals surface area (Å²) >= 11 is 1.32. The maximum Gasteiger partial charge on any atom is 0.267 e. The van der Waals surface area contributed by atoms with Crippen molar-refractivity contribution in [2.24, 2.45) is 5.73 Å². The monoisotopic (exact) mass is 452 g/mol. The lowest BCUT2D eigenvalue weighted by Crippen LogP contribution is -2.30. The molecule has 3 N–H and O–H groups in total. The van der Waals surface area contributed by atoms with Gasteiger partial charge in [0, 0.05) is 25.1 Å². The van der Waals surface area contributed by atoms with Crippen molar-refractivity contribution in [1.29, 1.82) is 0 Å². The van der Waals surface area contributed by atoms with Crippen molar-refractivity contribution in [3.05, 3.63) is 75.0 Å². The van der Waals surface area contributed by atoms with Gasteiger partial charge in [-0.05, 0) is 62.1 Å². The fraction of sp³-hybridized carbons (Fsp3) is 0.292. The number of carbonyl (C=O) groups excluding carboxylic acids is 2. The molecule has 0 aliphatic carbocycles. The minimum absolute atomic E-state index is 0.273. The second-order valence-corrected chi connectivity index (χ2v) is 9.01. The van der Waals surface area contributed by atoms with Crippen LogP contribution in [-0.2, 0) is 6.42 Å². The summed E-state index contributed by atoms with van der Waals surface area (Å²) in [7, 11) is 0. The average Bonchev–Trinajstić information content (AvgIpc) is 3.16. The Balaban J connectivity index is 1.57. The van der Waals surface area contributed by atoms with Crippen molar-refractivity contribution < 1.29 is 14.0 Å². The maximum atomic E-state index is 13.2. The molecular weight excluding hydrogens is 427 g/mol. The molecule has 0 radical (unpaired) electrons. The van der Waals surface area contributed by atoms with Crippen LogP contribution < -0.4 is 16.0 Å². The minimum atomic E-state index is -0.541. The van der Waals surface area contributed by atoms with Gasteiger partial charge in [0.2, 0.25) is 5.91 Å². The van der Waals surface area contributed by atoms with E-state index in [0.717, 1.165) is 42.2 Å². The molecule has 2 heterocycles. The van der Waals surface area contributed by atoms with Gasteiger partial charge >= 0.3 is 0 Å². The van der Waals surface area contributed by atoms with Crippen LogP contribution in [0.3, 0.4) is 0 Å². The molecule has 2 aromatic carbocycles. The fourth-order valence-electron chi connectivity index (χ4n) is 3.89. The fourth-order valence-corrected chi connectivity index (χ4v) is 4.89. The molecule has 6 nitrogen and oxygen atoms in total. The number of hydrogen-bond acceptors (Lipinski definition) is 5. The van der Waals surface area contributed by atoms with Crippen molar-refractivity contribution >= 4 is 34.5 Å². The highest BCUT2D eigenvalue weighted by atomic mass is 32.1. The third kappa shape index (κ3) is 4.96. The number of carbonyl (C=O) groups is 2. The first-order chi connectivity index (χ1) is 15.4. The number of thiazole rings is 1. The van der Waals surface area contributed by atoms with Gasteiger partial charge in [-0.3, -0.25) is 9.59 Å². The van der Waals surface area contributed by atoms with E-state index in [4.69, 9.17) is 5.73 Å². The van der Waals surface area contributed by atoms with Crippen LogP contribution in [0.2, 0.25) is 0 Å². The lowest BCUT2D eigenvalue weighted by molar-refractivity contribution is 0.0996. The molecule has 3 aromatic rings. The van der Waals surface area contributed by atoms with Crippen LogP contribution in [0, 0.1) is 12.7 Å². The molecule has 4 rings (SSSR count). The smallest absolute Gasteiger partial charge is 0.267 e. The predicted molar refractivity (Wildman–Crippen MR) is 125 cm³/mol. The van der Waals surface area contributed by atoms with Gasteiger partial charge < -0.3 is 16.0 Å². The van der Waals surface area contributed by atoms with Crippen LogP contribution in [0.5, 0.6) is 0 Å². The normalized spacial score (nSPS) is 13.8. The number of rotatable bonds is 6. The topological polar surface area (TPSA) is 88.3 Å². The van der Waals surface area contributed by atoms with Crippen molar-refractivity contribution in [2.45, 2.75) is 32.6 Å². The van der Waals surface area contributed by atoms with Gasteiger partial charge in [0.15, 0.2) is 0 Å². The van der Waals surface area contributed by atoms with Gasteiger partial charge in [-0.15, -0.1) is 11.3 Å². The van der Waals surface area contributed by atoms with Crippen LogP contribution >= 0.6 is 11.3 Å². The first-order valence-corrected chi connectivity index (χ1v) is 11.4.